The summed E-state index contributed by atoms with van der Waals surface area (Å²) >= 11 is 0. The Labute approximate surface area is 244 Å². The van der Waals surface area contributed by atoms with Crippen LogP contribution in [0.25, 0.3) is 0 Å². The van der Waals surface area contributed by atoms with E-state index in [1.54, 1.807) is 55.5 Å². The van der Waals surface area contributed by atoms with Gasteiger partial charge < -0.3 is 29.0 Å². The molecule has 1 aliphatic heterocycles. The molecule has 216 valence electrons. The number of amides is 2. The first kappa shape index (κ1) is 28.4. The van der Waals surface area contributed by atoms with Crippen LogP contribution in [0.1, 0.15) is 33.4 Å². The van der Waals surface area contributed by atoms with E-state index >= 15 is 0 Å². The summed E-state index contributed by atoms with van der Waals surface area (Å²) in [7, 11) is 7.71. The molecule has 0 unspecified atom stereocenters. The third-order valence-electron chi connectivity index (χ3n) is 7.36. The molecule has 5 rings (SSSR count). The third-order valence-corrected chi connectivity index (χ3v) is 7.36. The SMILES string of the molecule is COc1ccc([C@@H]2[C@H](C(=O)Nc3cc(OC)c(OC)c(OC)c3)c3ccccc3C(=O)N2c2ccc(OC)cc2)cc1. The van der Waals surface area contributed by atoms with Crippen molar-refractivity contribution in [2.45, 2.75) is 12.0 Å². The van der Waals surface area contributed by atoms with Gasteiger partial charge in [-0.05, 0) is 53.6 Å². The van der Waals surface area contributed by atoms with E-state index in [1.165, 1.54) is 21.3 Å². The Morgan fingerprint density at radius 3 is 1.83 bits per heavy atom. The lowest BCUT2D eigenvalue weighted by molar-refractivity contribution is -0.118. The Morgan fingerprint density at radius 1 is 0.714 bits per heavy atom. The van der Waals surface area contributed by atoms with Gasteiger partial charge in [-0.3, -0.25) is 14.5 Å². The Morgan fingerprint density at radius 2 is 1.29 bits per heavy atom. The van der Waals surface area contributed by atoms with Gasteiger partial charge in [0.15, 0.2) is 11.5 Å². The molecule has 0 radical (unpaired) electrons. The van der Waals surface area contributed by atoms with Gasteiger partial charge in [0, 0.05) is 29.1 Å². The number of carbonyl (C=O) groups is 2. The van der Waals surface area contributed by atoms with Gasteiger partial charge >= 0.3 is 0 Å². The second-order valence-electron chi connectivity index (χ2n) is 9.56. The highest BCUT2D eigenvalue weighted by atomic mass is 16.5. The number of methoxy groups -OCH3 is 5. The molecular weight excluding hydrogens is 536 g/mol. The zero-order valence-corrected chi connectivity index (χ0v) is 24.0. The topological polar surface area (TPSA) is 95.6 Å². The minimum absolute atomic E-state index is 0.214. The van der Waals surface area contributed by atoms with Crippen molar-refractivity contribution in [3.8, 4) is 28.7 Å². The van der Waals surface area contributed by atoms with Gasteiger partial charge in [0.05, 0.1) is 47.5 Å². The van der Waals surface area contributed by atoms with Crippen LogP contribution in [0.3, 0.4) is 0 Å². The average molecular weight is 569 g/mol. The number of anilines is 2. The van der Waals surface area contributed by atoms with Gasteiger partial charge in [0.2, 0.25) is 11.7 Å². The second kappa shape index (κ2) is 12.1. The van der Waals surface area contributed by atoms with E-state index in [-0.39, 0.29) is 11.8 Å². The molecule has 1 aliphatic rings. The summed E-state index contributed by atoms with van der Waals surface area (Å²) in [6.07, 6.45) is 0. The predicted molar refractivity (Wildman–Crippen MR) is 159 cm³/mol. The lowest BCUT2D eigenvalue weighted by Gasteiger charge is -2.42. The summed E-state index contributed by atoms with van der Waals surface area (Å²) in [4.78, 5) is 30.2. The van der Waals surface area contributed by atoms with E-state index in [4.69, 9.17) is 23.7 Å². The normalized spacial score (nSPS) is 15.8. The van der Waals surface area contributed by atoms with Crippen LogP contribution in [0.4, 0.5) is 11.4 Å². The van der Waals surface area contributed by atoms with Gasteiger partial charge in [0.1, 0.15) is 11.5 Å². The zero-order chi connectivity index (χ0) is 29.8. The number of nitrogens with one attached hydrogen (secondary N) is 1. The summed E-state index contributed by atoms with van der Waals surface area (Å²) in [5.41, 5.74) is 2.91. The molecule has 0 saturated heterocycles. The van der Waals surface area contributed by atoms with Crippen molar-refractivity contribution >= 4 is 23.2 Å². The minimum Gasteiger partial charge on any atom is -0.497 e. The lowest BCUT2D eigenvalue weighted by atomic mass is 9.78. The van der Waals surface area contributed by atoms with Crippen LogP contribution in [0, 0.1) is 0 Å². The number of carbonyl (C=O) groups excluding carboxylic acids is 2. The van der Waals surface area contributed by atoms with E-state index < -0.39 is 12.0 Å². The average Bonchev–Trinajstić information content (AvgIpc) is 3.04. The van der Waals surface area contributed by atoms with E-state index in [2.05, 4.69) is 5.32 Å². The molecule has 0 aliphatic carbocycles. The molecule has 4 aromatic carbocycles. The van der Waals surface area contributed by atoms with Gasteiger partial charge in [-0.25, -0.2) is 0 Å². The summed E-state index contributed by atoms with van der Waals surface area (Å²) in [6, 6.07) is 24.5. The van der Waals surface area contributed by atoms with Crippen molar-refractivity contribution in [3.05, 3.63) is 102 Å². The summed E-state index contributed by atoms with van der Waals surface area (Å²) in [6.45, 7) is 0. The molecular formula is C33H32N2O7. The van der Waals surface area contributed by atoms with Crippen LogP contribution in [-0.4, -0.2) is 47.4 Å². The number of fused-ring (bicyclic) bond motifs is 1. The monoisotopic (exact) mass is 568 g/mol. The largest absolute Gasteiger partial charge is 0.497 e. The fraction of sp³-hybridized carbons (Fsp3) is 0.212. The molecule has 0 aromatic heterocycles. The second-order valence-corrected chi connectivity index (χ2v) is 9.56. The highest BCUT2D eigenvalue weighted by molar-refractivity contribution is 6.12. The fourth-order valence-corrected chi connectivity index (χ4v) is 5.36. The van der Waals surface area contributed by atoms with E-state index in [1.807, 2.05) is 48.5 Å². The summed E-state index contributed by atoms with van der Waals surface area (Å²) in [5, 5.41) is 3.04. The molecule has 42 heavy (non-hydrogen) atoms. The summed E-state index contributed by atoms with van der Waals surface area (Å²) < 4.78 is 27.1. The van der Waals surface area contributed by atoms with E-state index in [0.29, 0.717) is 51.2 Å². The van der Waals surface area contributed by atoms with E-state index in [9.17, 15) is 9.59 Å². The first-order chi connectivity index (χ1) is 20.4. The summed E-state index contributed by atoms with van der Waals surface area (Å²) in [5.74, 6) is 1.21. The predicted octanol–water partition coefficient (Wildman–Crippen LogP) is 5.85. The zero-order valence-electron chi connectivity index (χ0n) is 24.0. The molecule has 0 saturated carbocycles. The van der Waals surface area contributed by atoms with Crippen LogP contribution in [0.15, 0.2) is 84.9 Å². The molecule has 4 aromatic rings. The van der Waals surface area contributed by atoms with Gasteiger partial charge in [-0.1, -0.05) is 30.3 Å². The van der Waals surface area contributed by atoms with Crippen LogP contribution in [0.2, 0.25) is 0 Å². The van der Waals surface area contributed by atoms with Crippen molar-refractivity contribution in [1.29, 1.82) is 0 Å². The number of benzene rings is 4. The third kappa shape index (κ3) is 5.16. The highest BCUT2D eigenvalue weighted by Crippen LogP contribution is 2.47. The number of ether oxygens (including phenoxy) is 5. The smallest absolute Gasteiger partial charge is 0.259 e. The van der Waals surface area contributed by atoms with Gasteiger partial charge in [-0.2, -0.15) is 0 Å². The van der Waals surface area contributed by atoms with Crippen molar-refractivity contribution in [1.82, 2.24) is 0 Å². The number of hydrogen-bond acceptors (Lipinski definition) is 7. The maximum atomic E-state index is 14.4. The Hall–Kier alpha value is -5.18. The maximum Gasteiger partial charge on any atom is 0.259 e. The molecule has 0 fully saturated rings. The molecule has 0 spiro atoms. The van der Waals surface area contributed by atoms with Crippen molar-refractivity contribution in [2.24, 2.45) is 0 Å². The Balaban J connectivity index is 1.67. The van der Waals surface area contributed by atoms with Crippen molar-refractivity contribution < 1.29 is 33.3 Å². The van der Waals surface area contributed by atoms with Gasteiger partial charge in [0.25, 0.3) is 5.91 Å². The minimum atomic E-state index is -0.784. The molecule has 2 amide bonds. The maximum absolute atomic E-state index is 14.4. The van der Waals surface area contributed by atoms with Crippen LogP contribution >= 0.6 is 0 Å². The van der Waals surface area contributed by atoms with Crippen LogP contribution in [0.5, 0.6) is 28.7 Å². The highest BCUT2D eigenvalue weighted by Gasteiger charge is 2.45. The molecule has 9 heteroatoms. The molecule has 0 bridgehead atoms. The standard InChI is InChI=1S/C33H32N2O7/c1-38-23-14-10-20(11-15-23)30-29(32(36)34-21-18-27(40-3)31(42-5)28(19-21)41-4)25-8-6-7-9-26(25)33(37)35(30)22-12-16-24(39-2)17-13-22/h6-19,29-30H,1-5H3,(H,34,36)/t29-,30-/m1/s1. The quantitative estimate of drug-likeness (QED) is 0.271. The van der Waals surface area contributed by atoms with Crippen LogP contribution in [-0.2, 0) is 4.79 Å². The first-order valence-corrected chi connectivity index (χ1v) is 13.2. The van der Waals surface area contributed by atoms with Crippen molar-refractivity contribution in [2.75, 3.05) is 45.8 Å². The Kier molecular flexibility index (Phi) is 8.19. The molecule has 1 heterocycles. The lowest BCUT2D eigenvalue weighted by Crippen LogP contribution is -2.46. The molecule has 1 N–H and O–H groups in total. The molecule has 2 atom stereocenters. The number of nitrogens with zero attached hydrogens (tertiary/aromatic N) is 1. The number of hydrogen-bond donors (Lipinski definition) is 1. The fourth-order valence-electron chi connectivity index (χ4n) is 5.36. The number of rotatable bonds is 9. The Bertz CT molecular complexity index is 1560. The van der Waals surface area contributed by atoms with Gasteiger partial charge in [-0.15, -0.1) is 0 Å². The van der Waals surface area contributed by atoms with E-state index in [0.717, 1.165) is 5.56 Å². The van der Waals surface area contributed by atoms with Crippen LogP contribution < -0.4 is 33.9 Å². The first-order valence-electron chi connectivity index (χ1n) is 13.2. The van der Waals surface area contributed by atoms with Crippen molar-refractivity contribution in [3.63, 3.8) is 0 Å². The molecule has 9 nitrogen and oxygen atoms in total.